The average Bonchev–Trinajstić information content (AvgIpc) is 3.68. The van der Waals surface area contributed by atoms with Gasteiger partial charge in [0.15, 0.2) is 0 Å². The predicted octanol–water partition coefficient (Wildman–Crippen LogP) is 20.8. The Bertz CT molecular complexity index is 4720. The number of benzene rings is 14. The van der Waals surface area contributed by atoms with Crippen LogP contribution in [0, 0.1) is 0 Å². The fourth-order valence-corrected chi connectivity index (χ4v) is 13.1. The zero-order valence-corrected chi connectivity index (χ0v) is 41.8. The Labute approximate surface area is 442 Å². The summed E-state index contributed by atoms with van der Waals surface area (Å²) >= 11 is 0. The molecule has 0 fully saturated rings. The van der Waals surface area contributed by atoms with Crippen molar-refractivity contribution in [3.8, 4) is 66.8 Å². The minimum Gasteiger partial charge on any atom is -0.0753 e. The highest BCUT2D eigenvalue weighted by atomic mass is 14.3. The molecule has 1 unspecified atom stereocenters. The maximum Gasteiger partial charge on any atom is 0.0276 e. The van der Waals surface area contributed by atoms with Crippen molar-refractivity contribution in [2.75, 3.05) is 0 Å². The highest BCUT2D eigenvalue weighted by molar-refractivity contribution is 6.27. The van der Waals surface area contributed by atoms with Crippen LogP contribution in [0.2, 0.25) is 0 Å². The van der Waals surface area contributed by atoms with Gasteiger partial charge in [-0.1, -0.05) is 267 Å². The van der Waals surface area contributed by atoms with Crippen LogP contribution in [0.5, 0.6) is 0 Å². The first-order valence-corrected chi connectivity index (χ1v) is 26.7. The van der Waals surface area contributed by atoms with Crippen LogP contribution in [-0.4, -0.2) is 0 Å². The normalized spacial score (nSPS) is 13.9. The maximum atomic E-state index is 2.48. The Kier molecular flexibility index (Phi) is 9.56. The number of hydrogen-bond donors (Lipinski definition) is 0. The molecule has 0 nitrogen and oxygen atoms in total. The molecule has 0 saturated heterocycles. The lowest BCUT2D eigenvalue weighted by Crippen LogP contribution is -2.10. The number of hydrogen-bond acceptors (Lipinski definition) is 0. The molecule has 14 aromatic carbocycles. The van der Waals surface area contributed by atoms with Crippen LogP contribution in [0.1, 0.15) is 28.2 Å². The van der Waals surface area contributed by atoms with Gasteiger partial charge >= 0.3 is 0 Å². The molecular formula is C76H48. The summed E-state index contributed by atoms with van der Waals surface area (Å²) in [4.78, 5) is 0. The second-order valence-corrected chi connectivity index (χ2v) is 21.1. The topological polar surface area (TPSA) is 0 Å². The summed E-state index contributed by atoms with van der Waals surface area (Å²) in [6.45, 7) is 0. The van der Waals surface area contributed by atoms with Crippen molar-refractivity contribution in [1.29, 1.82) is 0 Å². The zero-order valence-electron chi connectivity index (χ0n) is 41.8. The largest absolute Gasteiger partial charge is 0.0753 e. The third-order valence-electron chi connectivity index (χ3n) is 17.0. The molecule has 352 valence electrons. The highest BCUT2D eigenvalue weighted by Crippen LogP contribution is 2.49. The van der Waals surface area contributed by atoms with E-state index in [1.54, 1.807) is 0 Å². The van der Waals surface area contributed by atoms with Crippen molar-refractivity contribution in [1.82, 2.24) is 0 Å². The summed E-state index contributed by atoms with van der Waals surface area (Å²) < 4.78 is 0. The monoisotopic (exact) mass is 960 g/mol. The zero-order chi connectivity index (χ0) is 49.8. The van der Waals surface area contributed by atoms with Crippen molar-refractivity contribution >= 4 is 76.3 Å². The molecule has 0 aliphatic heterocycles. The van der Waals surface area contributed by atoms with Crippen molar-refractivity contribution in [3.63, 3.8) is 0 Å². The van der Waals surface area contributed by atoms with E-state index in [4.69, 9.17) is 0 Å². The smallest absolute Gasteiger partial charge is 0.0276 e. The predicted molar refractivity (Wildman–Crippen MR) is 325 cm³/mol. The van der Waals surface area contributed by atoms with E-state index in [1.165, 1.54) is 159 Å². The van der Waals surface area contributed by atoms with Crippen LogP contribution in [0.25, 0.3) is 143 Å². The molecule has 0 aromatic heterocycles. The molecule has 0 spiro atoms. The Balaban J connectivity index is 0.660. The fourth-order valence-electron chi connectivity index (χ4n) is 13.1. The number of rotatable bonds is 7. The SMILES string of the molecule is C1=CC(c2ccc3ccccc3c2)C2=CCc3ccc(-c4ccc(-c5ccc(-c6ccc(-c7ccc8ccc9c(-c%10ccc(-c%11ccc%12ccccc%12c%11)cc%10)ccc%10ccc7c8c%109)cc6)cc5)cc4)c4ccc1c2c34. The Morgan fingerprint density at radius 1 is 0.289 bits per heavy atom. The molecular weight excluding hydrogens is 913 g/mol. The summed E-state index contributed by atoms with van der Waals surface area (Å²) in [5.41, 5.74) is 21.8. The van der Waals surface area contributed by atoms with Crippen LogP contribution in [0.3, 0.4) is 0 Å². The minimum atomic E-state index is 0.240. The molecule has 14 aromatic rings. The van der Waals surface area contributed by atoms with E-state index in [1.807, 2.05) is 0 Å². The quantitative estimate of drug-likeness (QED) is 0.140. The van der Waals surface area contributed by atoms with Gasteiger partial charge in [0.25, 0.3) is 0 Å². The van der Waals surface area contributed by atoms with Crippen LogP contribution in [0.4, 0.5) is 0 Å². The van der Waals surface area contributed by atoms with Gasteiger partial charge < -0.3 is 0 Å². The van der Waals surface area contributed by atoms with E-state index in [-0.39, 0.29) is 5.92 Å². The van der Waals surface area contributed by atoms with Crippen LogP contribution < -0.4 is 0 Å². The van der Waals surface area contributed by atoms with E-state index in [0.29, 0.717) is 0 Å². The van der Waals surface area contributed by atoms with Gasteiger partial charge in [-0.25, -0.2) is 0 Å². The third-order valence-corrected chi connectivity index (χ3v) is 17.0. The number of allylic oxidation sites excluding steroid dienone is 3. The van der Waals surface area contributed by atoms with E-state index < -0.39 is 0 Å². The second kappa shape index (κ2) is 17.0. The van der Waals surface area contributed by atoms with E-state index in [0.717, 1.165) is 6.42 Å². The molecule has 0 heteroatoms. The lowest BCUT2D eigenvalue weighted by Gasteiger charge is -2.30. The lowest BCUT2D eigenvalue weighted by molar-refractivity contribution is 1.08. The van der Waals surface area contributed by atoms with E-state index in [9.17, 15) is 0 Å². The first-order valence-electron chi connectivity index (χ1n) is 26.7. The molecule has 1 atom stereocenters. The van der Waals surface area contributed by atoms with Crippen LogP contribution in [0.15, 0.2) is 267 Å². The molecule has 0 amide bonds. The van der Waals surface area contributed by atoms with Crippen molar-refractivity contribution in [2.24, 2.45) is 0 Å². The van der Waals surface area contributed by atoms with Gasteiger partial charge in [0.05, 0.1) is 0 Å². The molecule has 0 heterocycles. The van der Waals surface area contributed by atoms with Crippen LogP contribution >= 0.6 is 0 Å². The fraction of sp³-hybridized carbons (Fsp3) is 0.0263. The molecule has 76 heavy (non-hydrogen) atoms. The molecule has 2 aliphatic carbocycles. The lowest BCUT2D eigenvalue weighted by atomic mass is 9.74. The summed E-state index contributed by atoms with van der Waals surface area (Å²) in [5.74, 6) is 0.240. The first kappa shape index (κ1) is 42.8. The first-order chi connectivity index (χ1) is 37.6. The summed E-state index contributed by atoms with van der Waals surface area (Å²) in [7, 11) is 0. The standard InChI is InChI=1S/C76H48/c1-3-7-61-45-63(27-19-47(61)5-1)53-17-25-56(26-18-53)67-39-30-58-33-41-69-65(37-29-57-34-42-70(67)74(58)73(57)69)54-21-13-51(14-22-54)49-9-11-50(12-10-49)52-15-23-55(24-16-52)66-38-31-59-36-44-72-68(40-32-60-35-43-71(66)75(59)76(60)72)64-28-20-48-6-2-4-8-62(48)46-64/h1-35,37-46,68H,36H2. The van der Waals surface area contributed by atoms with E-state index >= 15 is 0 Å². The Morgan fingerprint density at radius 2 is 0.697 bits per heavy atom. The average molecular weight is 961 g/mol. The summed E-state index contributed by atoms with van der Waals surface area (Å²) in [6, 6.07) is 95.3. The molecule has 16 rings (SSSR count). The molecule has 0 radical (unpaired) electrons. The summed E-state index contributed by atoms with van der Waals surface area (Å²) in [5, 5.41) is 15.7. The summed E-state index contributed by atoms with van der Waals surface area (Å²) in [6.07, 6.45) is 8.18. The van der Waals surface area contributed by atoms with Gasteiger partial charge in [-0.3, -0.25) is 0 Å². The van der Waals surface area contributed by atoms with Crippen LogP contribution in [-0.2, 0) is 6.42 Å². The Hall–Kier alpha value is -9.62. The van der Waals surface area contributed by atoms with Gasteiger partial charge in [-0.2, -0.15) is 0 Å². The van der Waals surface area contributed by atoms with Crippen molar-refractivity contribution < 1.29 is 0 Å². The molecule has 0 saturated carbocycles. The molecule has 0 N–H and O–H groups in total. The van der Waals surface area contributed by atoms with E-state index in [2.05, 4.69) is 273 Å². The van der Waals surface area contributed by atoms with Gasteiger partial charge in [0.2, 0.25) is 0 Å². The minimum absolute atomic E-state index is 0.240. The van der Waals surface area contributed by atoms with Crippen molar-refractivity contribution in [3.05, 3.63) is 289 Å². The number of fused-ring (bicyclic) bond motifs is 2. The van der Waals surface area contributed by atoms with Gasteiger partial charge in [0, 0.05) is 5.92 Å². The Morgan fingerprint density at radius 3 is 1.25 bits per heavy atom. The molecule has 2 aliphatic rings. The van der Waals surface area contributed by atoms with Gasteiger partial charge in [-0.05, 0) is 172 Å². The second-order valence-electron chi connectivity index (χ2n) is 21.1. The van der Waals surface area contributed by atoms with Gasteiger partial charge in [-0.15, -0.1) is 0 Å². The molecule has 0 bridgehead atoms. The van der Waals surface area contributed by atoms with Crippen molar-refractivity contribution in [2.45, 2.75) is 12.3 Å². The highest BCUT2D eigenvalue weighted by Gasteiger charge is 2.28. The maximum absolute atomic E-state index is 2.48. The third kappa shape index (κ3) is 6.84. The van der Waals surface area contributed by atoms with Gasteiger partial charge in [0.1, 0.15) is 0 Å².